The van der Waals surface area contributed by atoms with Gasteiger partial charge in [-0.3, -0.25) is 33.7 Å². The molecule has 5 amide bonds. The lowest BCUT2D eigenvalue weighted by atomic mass is 9.81. The number of nitrogens with zero attached hydrogens (tertiary/aromatic N) is 6. The highest BCUT2D eigenvalue weighted by Crippen LogP contribution is 2.43. The van der Waals surface area contributed by atoms with E-state index in [0.29, 0.717) is 60.7 Å². The fourth-order valence-electron chi connectivity index (χ4n) is 10.1. The van der Waals surface area contributed by atoms with Crippen molar-refractivity contribution in [1.29, 1.82) is 0 Å². The van der Waals surface area contributed by atoms with E-state index in [0.717, 1.165) is 29.4 Å². The Bertz CT molecular complexity index is 2990. The molecule has 4 N–H and O–H groups in total. The van der Waals surface area contributed by atoms with E-state index < -0.39 is 61.5 Å². The second kappa shape index (κ2) is 24.7. The van der Waals surface area contributed by atoms with Crippen molar-refractivity contribution in [3.63, 3.8) is 0 Å². The number of hydrogen-bond acceptors (Lipinski definition) is 18. The SMILES string of the molecule is CCc1c2c(nc3ccc(OB(C)O)cc13)-c1cc3c(c(=O)n1C2)COC(=O)C3(CC)OC(=O)OCC(NC(=O)COCC(=O)NCCOCCn1cc(CNC(=O)C2CCC(CN3C(=O)C=CC3=O)CC2)nn1)C(C)C. The van der Waals surface area contributed by atoms with Crippen LogP contribution in [0.3, 0.4) is 0 Å². The summed E-state index contributed by atoms with van der Waals surface area (Å²) < 4.78 is 36.4. The van der Waals surface area contributed by atoms with Crippen LogP contribution in [0.15, 0.2) is 47.4 Å². The molecule has 0 bridgehead atoms. The first kappa shape index (κ1) is 55.7. The smallest absolute Gasteiger partial charge is 0.519 e. The summed E-state index contributed by atoms with van der Waals surface area (Å²) in [6, 6.07) is 6.21. The molecule has 25 heteroatoms. The van der Waals surface area contributed by atoms with E-state index in [9.17, 15) is 43.4 Å². The quantitative estimate of drug-likeness (QED) is 0.0298. The first-order valence-electron chi connectivity index (χ1n) is 26.0. The number of carbonyl (C=O) groups is 7. The second-order valence-corrected chi connectivity index (χ2v) is 19.8. The molecule has 4 aliphatic rings. The Morgan fingerprint density at radius 3 is 2.42 bits per heavy atom. The van der Waals surface area contributed by atoms with E-state index in [1.54, 1.807) is 60.5 Å². The molecule has 0 spiro atoms. The molecule has 1 aromatic carbocycles. The normalized spacial score (nSPS) is 18.8. The molecule has 2 unspecified atom stereocenters. The van der Waals surface area contributed by atoms with Gasteiger partial charge in [0.2, 0.25) is 23.3 Å². The fourth-order valence-corrected chi connectivity index (χ4v) is 10.1. The molecule has 77 heavy (non-hydrogen) atoms. The van der Waals surface area contributed by atoms with Gasteiger partial charge in [0.1, 0.15) is 37.9 Å². The number of imide groups is 1. The maximum Gasteiger partial charge on any atom is 0.519 e. The summed E-state index contributed by atoms with van der Waals surface area (Å²) in [6.45, 7) is 8.96. The molecule has 8 rings (SSSR count). The molecular formula is C52H64BN9O15. The maximum absolute atomic E-state index is 14.2. The summed E-state index contributed by atoms with van der Waals surface area (Å²) in [6.07, 6.45) is 6.40. The summed E-state index contributed by atoms with van der Waals surface area (Å²) in [5.74, 6) is -2.34. The number of hydrogen-bond donors (Lipinski definition) is 4. The lowest BCUT2D eigenvalue weighted by molar-refractivity contribution is -0.175. The Balaban J connectivity index is 0.735. The Hall–Kier alpha value is -7.51. The van der Waals surface area contributed by atoms with Gasteiger partial charge in [0.25, 0.3) is 17.4 Å². The number of cyclic esters (lactones) is 1. The van der Waals surface area contributed by atoms with Gasteiger partial charge >= 0.3 is 19.2 Å². The third kappa shape index (κ3) is 12.9. The zero-order chi connectivity index (χ0) is 55.0. The molecule has 0 saturated heterocycles. The number of ether oxygens (including phenoxy) is 5. The van der Waals surface area contributed by atoms with E-state index in [2.05, 4.69) is 26.3 Å². The number of amides is 5. The van der Waals surface area contributed by atoms with Crippen molar-refractivity contribution >= 4 is 59.7 Å². The molecule has 0 radical (unpaired) electrons. The van der Waals surface area contributed by atoms with Crippen LogP contribution in [0.1, 0.15) is 87.7 Å². The van der Waals surface area contributed by atoms with Crippen molar-refractivity contribution < 1.29 is 66.9 Å². The van der Waals surface area contributed by atoms with Crippen molar-refractivity contribution in [1.82, 2.24) is 45.4 Å². The lowest BCUT2D eigenvalue weighted by Crippen LogP contribution is -2.48. The molecule has 4 aromatic rings. The number of esters is 1. The third-order valence-corrected chi connectivity index (χ3v) is 14.3. The minimum absolute atomic E-state index is 0.0714. The summed E-state index contributed by atoms with van der Waals surface area (Å²) in [5.41, 5.74) is 1.82. The summed E-state index contributed by atoms with van der Waals surface area (Å²) >= 11 is 0. The summed E-state index contributed by atoms with van der Waals surface area (Å²) in [5, 5.41) is 27.1. The number of aromatic nitrogens is 5. The summed E-state index contributed by atoms with van der Waals surface area (Å²) in [7, 11) is -1.02. The predicted molar refractivity (Wildman–Crippen MR) is 273 cm³/mol. The van der Waals surface area contributed by atoms with Crippen molar-refractivity contribution in [3.8, 4) is 17.1 Å². The first-order valence-corrected chi connectivity index (χ1v) is 26.0. The number of aryl methyl sites for hydroxylation is 1. The number of rotatable bonds is 24. The van der Waals surface area contributed by atoms with Crippen molar-refractivity contribution in [2.24, 2.45) is 17.8 Å². The first-order chi connectivity index (χ1) is 37.0. The van der Waals surface area contributed by atoms with E-state index >= 15 is 0 Å². The van der Waals surface area contributed by atoms with Crippen LogP contribution >= 0.6 is 0 Å². The average Bonchev–Trinajstić information content (AvgIpc) is 4.31. The van der Waals surface area contributed by atoms with Gasteiger partial charge in [-0.2, -0.15) is 0 Å². The minimum Gasteiger partial charge on any atom is -0.536 e. The zero-order valence-corrected chi connectivity index (χ0v) is 43.8. The van der Waals surface area contributed by atoms with E-state index in [4.69, 9.17) is 33.3 Å². The average molecular weight is 1070 g/mol. The standard InChI is InChI=1S/C52H64BN9O15/c1-6-35-36-20-34(77-53(5)71)12-13-40(36)57-47-37(35)25-61-42(47)21-39-38(49(61)68)26-74-50(69)52(39,7-2)76-51(70)75-27-41(30(3)4)56-44(64)29-73-28-43(63)54-16-18-72-19-17-60-24-33(58-59-60)22-55-48(67)32-10-8-31(9-11-32)23-62-45(65)14-15-46(62)66/h12-15,20-21,24,30-32,41,71H,6-11,16-19,22-23,25-29H2,1-5H3,(H,54,63)(H,55,67)(H,56,64). The topological polar surface area (TPSA) is 300 Å². The molecular weight excluding hydrogens is 1000 g/mol. The van der Waals surface area contributed by atoms with Crippen LogP contribution in [0.4, 0.5) is 4.79 Å². The van der Waals surface area contributed by atoms with Crippen molar-refractivity contribution in [3.05, 3.63) is 80.9 Å². The van der Waals surface area contributed by atoms with Gasteiger partial charge in [0.15, 0.2) is 0 Å². The Morgan fingerprint density at radius 2 is 1.70 bits per heavy atom. The highest BCUT2D eigenvalue weighted by atomic mass is 16.7. The Morgan fingerprint density at radius 1 is 0.948 bits per heavy atom. The molecule has 6 heterocycles. The van der Waals surface area contributed by atoms with Crippen LogP contribution in [0.5, 0.6) is 5.75 Å². The molecule has 2 atom stereocenters. The Kier molecular flexibility index (Phi) is 17.8. The van der Waals surface area contributed by atoms with Crippen LogP contribution in [0.25, 0.3) is 22.3 Å². The molecule has 1 saturated carbocycles. The Labute approximate surface area is 443 Å². The van der Waals surface area contributed by atoms with Crippen LogP contribution in [-0.4, -0.2) is 135 Å². The van der Waals surface area contributed by atoms with Crippen molar-refractivity contribution in [2.45, 2.75) is 111 Å². The molecule has 24 nitrogen and oxygen atoms in total. The number of nitrogens with one attached hydrogen (secondary N) is 3. The number of fused-ring (bicyclic) bond motifs is 5. The van der Waals surface area contributed by atoms with Gasteiger partial charge in [-0.05, 0) is 87.0 Å². The lowest BCUT2D eigenvalue weighted by Gasteiger charge is -2.35. The number of benzene rings is 1. The number of pyridine rings is 2. The monoisotopic (exact) mass is 1070 g/mol. The maximum atomic E-state index is 14.2. The molecule has 410 valence electrons. The molecule has 3 aliphatic heterocycles. The van der Waals surface area contributed by atoms with Gasteiger partial charge in [0, 0.05) is 47.7 Å². The van der Waals surface area contributed by atoms with Crippen LogP contribution in [-0.2, 0) is 90.7 Å². The number of carbonyl (C=O) groups excluding carboxylic acids is 7. The predicted octanol–water partition coefficient (Wildman–Crippen LogP) is 2.22. The highest BCUT2D eigenvalue weighted by molar-refractivity contribution is 6.41. The zero-order valence-electron chi connectivity index (χ0n) is 43.8. The minimum atomic E-state index is -2.03. The molecule has 3 aromatic heterocycles. The third-order valence-electron chi connectivity index (χ3n) is 14.3. The van der Waals surface area contributed by atoms with Gasteiger partial charge in [-0.1, -0.05) is 32.9 Å². The molecule has 1 aliphatic carbocycles. The van der Waals surface area contributed by atoms with Crippen LogP contribution < -0.4 is 26.2 Å². The fraction of sp³-hybridized carbons (Fsp3) is 0.519. The van der Waals surface area contributed by atoms with Crippen LogP contribution in [0, 0.1) is 17.8 Å². The second-order valence-electron chi connectivity index (χ2n) is 19.8. The van der Waals surface area contributed by atoms with Crippen molar-refractivity contribution in [2.75, 3.05) is 46.1 Å². The van der Waals surface area contributed by atoms with E-state index in [-0.39, 0.29) is 99.1 Å². The summed E-state index contributed by atoms with van der Waals surface area (Å²) in [4.78, 5) is 109. The largest absolute Gasteiger partial charge is 0.536 e. The van der Waals surface area contributed by atoms with E-state index in [1.165, 1.54) is 23.9 Å². The van der Waals surface area contributed by atoms with Gasteiger partial charge in [-0.15, -0.1) is 5.10 Å². The van der Waals surface area contributed by atoms with Gasteiger partial charge in [0.05, 0.1) is 67.6 Å². The van der Waals surface area contributed by atoms with Gasteiger partial charge < -0.3 is 53.9 Å². The highest BCUT2D eigenvalue weighted by Gasteiger charge is 2.51. The van der Waals surface area contributed by atoms with Crippen LogP contribution in [0.2, 0.25) is 6.82 Å². The van der Waals surface area contributed by atoms with Gasteiger partial charge in [-0.25, -0.2) is 19.3 Å². The van der Waals surface area contributed by atoms with E-state index in [1.807, 2.05) is 6.92 Å². The molecule has 1 fully saturated rings.